The van der Waals surface area contributed by atoms with Gasteiger partial charge in [0.05, 0.1) is 6.04 Å². The molecule has 1 amide bonds. The van der Waals surface area contributed by atoms with Gasteiger partial charge in [-0.15, -0.1) is 0 Å². The first kappa shape index (κ1) is 14.1. The normalized spacial score (nSPS) is 11.9. The molecule has 0 aliphatic carbocycles. The summed E-state index contributed by atoms with van der Waals surface area (Å²) in [6.07, 6.45) is 2.36. The number of hydrogen-bond donors (Lipinski definition) is 2. The predicted octanol–water partition coefficient (Wildman–Crippen LogP) is 3.10. The molecule has 0 fully saturated rings. The second-order valence-corrected chi connectivity index (χ2v) is 4.70. The number of benzene rings is 1. The number of carbonyl (C=O) groups is 2. The van der Waals surface area contributed by atoms with Gasteiger partial charge in [0.1, 0.15) is 5.69 Å². The zero-order chi connectivity index (χ0) is 14.5. The van der Waals surface area contributed by atoms with E-state index in [1.165, 1.54) is 6.92 Å². The molecule has 0 radical (unpaired) electrons. The van der Waals surface area contributed by atoms with Gasteiger partial charge in [-0.05, 0) is 25.0 Å². The number of aromatic amines is 1. The van der Waals surface area contributed by atoms with E-state index in [0.29, 0.717) is 11.3 Å². The number of amides is 1. The molecule has 0 unspecified atom stereocenters. The summed E-state index contributed by atoms with van der Waals surface area (Å²) >= 11 is 0. The van der Waals surface area contributed by atoms with E-state index < -0.39 is 0 Å². The average molecular weight is 270 g/mol. The van der Waals surface area contributed by atoms with Crippen LogP contribution in [0.4, 0.5) is 0 Å². The summed E-state index contributed by atoms with van der Waals surface area (Å²) in [6, 6.07) is 11.4. The van der Waals surface area contributed by atoms with Crippen LogP contribution in [0.15, 0.2) is 42.6 Å². The van der Waals surface area contributed by atoms with E-state index in [2.05, 4.69) is 10.3 Å². The van der Waals surface area contributed by atoms with Crippen molar-refractivity contribution in [3.05, 3.63) is 59.4 Å². The maximum Gasteiger partial charge on any atom is 0.268 e. The average Bonchev–Trinajstić information content (AvgIpc) is 2.95. The maximum absolute atomic E-state index is 12.2. The van der Waals surface area contributed by atoms with Gasteiger partial charge in [-0.1, -0.05) is 37.3 Å². The van der Waals surface area contributed by atoms with Crippen LogP contribution < -0.4 is 5.32 Å². The summed E-state index contributed by atoms with van der Waals surface area (Å²) in [5.74, 6) is -0.261. The molecule has 1 aromatic heterocycles. The Morgan fingerprint density at radius 3 is 2.50 bits per heavy atom. The van der Waals surface area contributed by atoms with Gasteiger partial charge >= 0.3 is 0 Å². The highest BCUT2D eigenvalue weighted by atomic mass is 16.2. The molecule has 4 heteroatoms. The number of nitrogens with one attached hydrogen (secondary N) is 2. The summed E-state index contributed by atoms with van der Waals surface area (Å²) < 4.78 is 0. The fourth-order valence-electron chi connectivity index (χ4n) is 2.07. The number of ketones is 1. The van der Waals surface area contributed by atoms with Gasteiger partial charge in [0.15, 0.2) is 5.78 Å². The van der Waals surface area contributed by atoms with Crippen molar-refractivity contribution >= 4 is 11.7 Å². The minimum absolute atomic E-state index is 0.0345. The first-order valence-corrected chi connectivity index (χ1v) is 6.67. The number of rotatable bonds is 5. The lowest BCUT2D eigenvalue weighted by Gasteiger charge is -2.16. The summed E-state index contributed by atoms with van der Waals surface area (Å²) in [6.45, 7) is 3.50. The highest BCUT2D eigenvalue weighted by Crippen LogP contribution is 2.16. The fraction of sp³-hybridized carbons (Fsp3) is 0.250. The highest BCUT2D eigenvalue weighted by molar-refractivity contribution is 5.99. The molecule has 2 N–H and O–H groups in total. The topological polar surface area (TPSA) is 62.0 Å². The Morgan fingerprint density at radius 2 is 1.95 bits per heavy atom. The molecular weight excluding hydrogens is 252 g/mol. The largest absolute Gasteiger partial charge is 0.356 e. The van der Waals surface area contributed by atoms with Crippen LogP contribution in [-0.2, 0) is 0 Å². The van der Waals surface area contributed by atoms with E-state index >= 15 is 0 Å². The van der Waals surface area contributed by atoms with Crippen LogP contribution >= 0.6 is 0 Å². The first-order valence-electron chi connectivity index (χ1n) is 6.67. The van der Waals surface area contributed by atoms with Crippen molar-refractivity contribution < 1.29 is 9.59 Å². The SMILES string of the molecule is CC[C@H](NC(=O)c1cc(C(C)=O)c[nH]1)c1ccccc1. The van der Waals surface area contributed by atoms with E-state index in [-0.39, 0.29) is 17.7 Å². The molecule has 1 heterocycles. The Hall–Kier alpha value is -2.36. The Morgan fingerprint density at radius 1 is 1.25 bits per heavy atom. The molecule has 0 saturated carbocycles. The van der Waals surface area contributed by atoms with Crippen LogP contribution in [0, 0.1) is 0 Å². The Balaban J connectivity index is 2.11. The van der Waals surface area contributed by atoms with Crippen LogP contribution in [0.1, 0.15) is 52.7 Å². The van der Waals surface area contributed by atoms with Crippen molar-refractivity contribution in [2.45, 2.75) is 26.3 Å². The lowest BCUT2D eigenvalue weighted by Crippen LogP contribution is -2.28. The highest BCUT2D eigenvalue weighted by Gasteiger charge is 2.15. The lowest BCUT2D eigenvalue weighted by atomic mass is 10.0. The van der Waals surface area contributed by atoms with Crippen LogP contribution in [0.25, 0.3) is 0 Å². The van der Waals surface area contributed by atoms with Gasteiger partial charge in [-0.3, -0.25) is 9.59 Å². The van der Waals surface area contributed by atoms with Crippen LogP contribution in [0.5, 0.6) is 0 Å². The minimum Gasteiger partial charge on any atom is -0.356 e. The Labute approximate surface area is 118 Å². The first-order chi connectivity index (χ1) is 9.61. The smallest absolute Gasteiger partial charge is 0.268 e. The molecule has 2 aromatic rings. The van der Waals surface area contributed by atoms with E-state index in [0.717, 1.165) is 12.0 Å². The van der Waals surface area contributed by atoms with E-state index in [1.807, 2.05) is 37.3 Å². The molecule has 0 spiro atoms. The van der Waals surface area contributed by atoms with E-state index in [1.54, 1.807) is 12.3 Å². The monoisotopic (exact) mass is 270 g/mol. The molecule has 0 bridgehead atoms. The molecule has 1 atom stereocenters. The minimum atomic E-state index is -0.201. The van der Waals surface area contributed by atoms with Crippen molar-refractivity contribution in [2.75, 3.05) is 0 Å². The predicted molar refractivity (Wildman–Crippen MR) is 77.7 cm³/mol. The number of aromatic nitrogens is 1. The van der Waals surface area contributed by atoms with Gasteiger partial charge in [0.25, 0.3) is 5.91 Å². The van der Waals surface area contributed by atoms with Gasteiger partial charge < -0.3 is 10.3 Å². The van der Waals surface area contributed by atoms with Gasteiger partial charge in [-0.2, -0.15) is 0 Å². The zero-order valence-corrected chi connectivity index (χ0v) is 11.6. The fourth-order valence-corrected chi connectivity index (χ4v) is 2.07. The number of H-pyrrole nitrogens is 1. The van der Waals surface area contributed by atoms with Gasteiger partial charge in [-0.25, -0.2) is 0 Å². The lowest BCUT2D eigenvalue weighted by molar-refractivity contribution is 0.0931. The van der Waals surface area contributed by atoms with Crippen LogP contribution in [0.2, 0.25) is 0 Å². The molecule has 0 aliphatic heterocycles. The zero-order valence-electron chi connectivity index (χ0n) is 11.6. The summed E-state index contributed by atoms with van der Waals surface area (Å²) in [4.78, 5) is 26.2. The van der Waals surface area contributed by atoms with Gasteiger partial charge in [0.2, 0.25) is 0 Å². The van der Waals surface area contributed by atoms with Crippen molar-refractivity contribution in [1.82, 2.24) is 10.3 Å². The standard InChI is InChI=1S/C16H18N2O2/c1-3-14(12-7-5-4-6-8-12)18-16(20)15-9-13(10-17-15)11(2)19/h4-10,14,17H,3H2,1-2H3,(H,18,20)/t14-/m0/s1. The van der Waals surface area contributed by atoms with Gasteiger partial charge in [0, 0.05) is 11.8 Å². The second kappa shape index (κ2) is 6.19. The third-order valence-electron chi connectivity index (χ3n) is 3.25. The maximum atomic E-state index is 12.2. The molecule has 20 heavy (non-hydrogen) atoms. The summed E-state index contributed by atoms with van der Waals surface area (Å²) in [5.41, 5.74) is 1.99. The quantitative estimate of drug-likeness (QED) is 0.820. The third-order valence-corrected chi connectivity index (χ3v) is 3.25. The molecular formula is C16H18N2O2. The molecule has 0 aliphatic rings. The van der Waals surface area contributed by atoms with Crippen molar-refractivity contribution in [1.29, 1.82) is 0 Å². The third kappa shape index (κ3) is 3.15. The summed E-state index contributed by atoms with van der Waals surface area (Å²) in [7, 11) is 0. The molecule has 4 nitrogen and oxygen atoms in total. The van der Waals surface area contributed by atoms with E-state index in [9.17, 15) is 9.59 Å². The van der Waals surface area contributed by atoms with Crippen LogP contribution in [-0.4, -0.2) is 16.7 Å². The molecule has 0 saturated heterocycles. The van der Waals surface area contributed by atoms with Crippen LogP contribution in [0.3, 0.4) is 0 Å². The van der Waals surface area contributed by atoms with Crippen molar-refractivity contribution in [3.8, 4) is 0 Å². The second-order valence-electron chi connectivity index (χ2n) is 4.70. The molecule has 1 aromatic carbocycles. The summed E-state index contributed by atoms with van der Waals surface area (Å²) in [5, 5.41) is 2.97. The molecule has 2 rings (SSSR count). The Kier molecular flexibility index (Phi) is 4.35. The number of carbonyl (C=O) groups excluding carboxylic acids is 2. The van der Waals surface area contributed by atoms with E-state index in [4.69, 9.17) is 0 Å². The molecule has 104 valence electrons. The Bertz CT molecular complexity index is 602. The van der Waals surface area contributed by atoms with Crippen molar-refractivity contribution in [3.63, 3.8) is 0 Å². The number of hydrogen-bond acceptors (Lipinski definition) is 2. The van der Waals surface area contributed by atoms with Crippen molar-refractivity contribution in [2.24, 2.45) is 0 Å². The number of Topliss-reactive ketones (excluding diaryl/α,β-unsaturated/α-hetero) is 1.